The van der Waals surface area contributed by atoms with E-state index in [0.717, 1.165) is 45.4 Å². The zero-order chi connectivity index (χ0) is 12.8. The SMILES string of the molecule is [C-]#[N+]C1(c2ccccc2)CCN(CCCN)CC1. The monoisotopic (exact) mass is 243 g/mol. The van der Waals surface area contributed by atoms with Crippen LogP contribution in [0, 0.1) is 6.57 Å². The van der Waals surface area contributed by atoms with Crippen LogP contribution >= 0.6 is 0 Å². The highest BCUT2D eigenvalue weighted by Gasteiger charge is 2.41. The van der Waals surface area contributed by atoms with Gasteiger partial charge in [0.2, 0.25) is 0 Å². The molecule has 0 radical (unpaired) electrons. The van der Waals surface area contributed by atoms with Crippen LogP contribution in [-0.2, 0) is 5.54 Å². The van der Waals surface area contributed by atoms with Crippen LogP contribution in [0.5, 0.6) is 0 Å². The third-order valence-corrected chi connectivity index (χ3v) is 3.89. The summed E-state index contributed by atoms with van der Waals surface area (Å²) < 4.78 is 0. The van der Waals surface area contributed by atoms with Crippen LogP contribution in [0.15, 0.2) is 30.3 Å². The smallest absolute Gasteiger partial charge is 0.260 e. The number of piperidine rings is 1. The number of rotatable bonds is 4. The van der Waals surface area contributed by atoms with Crippen molar-refractivity contribution < 1.29 is 0 Å². The molecule has 0 aliphatic carbocycles. The second-order valence-corrected chi connectivity index (χ2v) is 4.99. The van der Waals surface area contributed by atoms with Crippen molar-refractivity contribution in [3.63, 3.8) is 0 Å². The average molecular weight is 243 g/mol. The predicted octanol–water partition coefficient (Wildman–Crippen LogP) is 2.25. The molecule has 0 unspecified atom stereocenters. The standard InChI is InChI=1S/C15H21N3/c1-17-15(14-6-3-2-4-7-14)8-12-18(13-9-15)11-5-10-16/h2-4,6-7H,5,8-13,16H2. The number of hydrogen-bond acceptors (Lipinski definition) is 2. The maximum atomic E-state index is 7.57. The first-order chi connectivity index (χ1) is 8.80. The first-order valence-electron chi connectivity index (χ1n) is 6.67. The van der Waals surface area contributed by atoms with Crippen LogP contribution in [0.3, 0.4) is 0 Å². The van der Waals surface area contributed by atoms with Crippen molar-refractivity contribution in [3.05, 3.63) is 47.3 Å². The van der Waals surface area contributed by atoms with Crippen LogP contribution < -0.4 is 5.73 Å². The molecule has 1 heterocycles. The number of hydrogen-bond donors (Lipinski definition) is 1. The molecular weight excluding hydrogens is 222 g/mol. The Morgan fingerprint density at radius 2 is 1.89 bits per heavy atom. The molecule has 0 saturated carbocycles. The van der Waals surface area contributed by atoms with Gasteiger partial charge in [0, 0.05) is 31.5 Å². The van der Waals surface area contributed by atoms with E-state index in [1.54, 1.807) is 0 Å². The van der Waals surface area contributed by atoms with Gasteiger partial charge in [0.15, 0.2) is 0 Å². The highest BCUT2D eigenvalue weighted by molar-refractivity contribution is 5.29. The van der Waals surface area contributed by atoms with E-state index in [-0.39, 0.29) is 5.54 Å². The molecule has 2 N–H and O–H groups in total. The van der Waals surface area contributed by atoms with Gasteiger partial charge in [-0.05, 0) is 19.5 Å². The Labute approximate surface area is 109 Å². The zero-order valence-corrected chi connectivity index (χ0v) is 10.8. The molecule has 1 aromatic carbocycles. The second kappa shape index (κ2) is 5.99. The molecule has 0 spiro atoms. The van der Waals surface area contributed by atoms with Crippen molar-refractivity contribution in [2.75, 3.05) is 26.2 Å². The zero-order valence-electron chi connectivity index (χ0n) is 10.8. The minimum absolute atomic E-state index is 0.291. The topological polar surface area (TPSA) is 33.6 Å². The first-order valence-corrected chi connectivity index (χ1v) is 6.67. The van der Waals surface area contributed by atoms with E-state index in [2.05, 4.69) is 21.9 Å². The molecular formula is C15H21N3. The summed E-state index contributed by atoms with van der Waals surface area (Å²) in [5, 5.41) is 0. The van der Waals surface area contributed by atoms with Crippen LogP contribution in [0.1, 0.15) is 24.8 Å². The lowest BCUT2D eigenvalue weighted by Gasteiger charge is -2.34. The first kappa shape index (κ1) is 13.1. The van der Waals surface area contributed by atoms with Crippen LogP contribution in [0.2, 0.25) is 0 Å². The number of likely N-dealkylation sites (tertiary alicyclic amines) is 1. The molecule has 1 saturated heterocycles. The summed E-state index contributed by atoms with van der Waals surface area (Å²) in [6.07, 6.45) is 2.92. The van der Waals surface area contributed by atoms with E-state index in [9.17, 15) is 0 Å². The van der Waals surface area contributed by atoms with Crippen molar-refractivity contribution in [3.8, 4) is 0 Å². The second-order valence-electron chi connectivity index (χ2n) is 4.99. The lowest BCUT2D eigenvalue weighted by Crippen LogP contribution is -2.41. The fraction of sp³-hybridized carbons (Fsp3) is 0.533. The molecule has 0 amide bonds. The maximum Gasteiger partial charge on any atom is 0.260 e. The fourth-order valence-electron chi connectivity index (χ4n) is 2.67. The summed E-state index contributed by atoms with van der Waals surface area (Å²) in [5.74, 6) is 0. The molecule has 0 bridgehead atoms. The van der Waals surface area contributed by atoms with E-state index >= 15 is 0 Å². The van der Waals surface area contributed by atoms with Gasteiger partial charge in [0.05, 0.1) is 0 Å². The Balaban J connectivity index is 2.03. The lowest BCUT2D eigenvalue weighted by atomic mass is 9.81. The van der Waals surface area contributed by atoms with Gasteiger partial charge in [-0.1, -0.05) is 30.3 Å². The molecule has 1 fully saturated rings. The Kier molecular flexibility index (Phi) is 4.35. The van der Waals surface area contributed by atoms with E-state index in [4.69, 9.17) is 12.3 Å². The molecule has 3 nitrogen and oxygen atoms in total. The van der Waals surface area contributed by atoms with Crippen LogP contribution in [0.25, 0.3) is 4.85 Å². The van der Waals surface area contributed by atoms with Gasteiger partial charge in [-0.3, -0.25) is 0 Å². The van der Waals surface area contributed by atoms with E-state index < -0.39 is 0 Å². The van der Waals surface area contributed by atoms with E-state index in [1.165, 1.54) is 5.56 Å². The fourth-order valence-corrected chi connectivity index (χ4v) is 2.67. The average Bonchev–Trinajstić information content (AvgIpc) is 2.46. The van der Waals surface area contributed by atoms with Crippen molar-refractivity contribution in [2.24, 2.45) is 5.73 Å². The Hall–Kier alpha value is -1.37. The van der Waals surface area contributed by atoms with E-state index in [0.29, 0.717) is 0 Å². The Morgan fingerprint density at radius 3 is 2.44 bits per heavy atom. The summed E-state index contributed by atoms with van der Waals surface area (Å²) in [6, 6.07) is 10.3. The summed E-state index contributed by atoms with van der Waals surface area (Å²) in [6.45, 7) is 11.4. The maximum absolute atomic E-state index is 7.57. The molecule has 1 aliphatic rings. The third kappa shape index (κ3) is 2.72. The van der Waals surface area contributed by atoms with Crippen molar-refractivity contribution >= 4 is 0 Å². The van der Waals surface area contributed by atoms with E-state index in [1.807, 2.05) is 18.2 Å². The van der Waals surface area contributed by atoms with Gasteiger partial charge in [-0.2, -0.15) is 0 Å². The summed E-state index contributed by atoms with van der Waals surface area (Å²) >= 11 is 0. The van der Waals surface area contributed by atoms with Crippen LogP contribution in [0.4, 0.5) is 0 Å². The summed E-state index contributed by atoms with van der Waals surface area (Å²) in [5.41, 5.74) is 6.43. The van der Waals surface area contributed by atoms with Crippen molar-refractivity contribution in [1.29, 1.82) is 0 Å². The molecule has 96 valence electrons. The molecule has 1 aromatic rings. The molecule has 18 heavy (non-hydrogen) atoms. The lowest BCUT2D eigenvalue weighted by molar-refractivity contribution is 0.181. The highest BCUT2D eigenvalue weighted by atomic mass is 15.1. The van der Waals surface area contributed by atoms with Crippen molar-refractivity contribution in [1.82, 2.24) is 4.90 Å². The summed E-state index contributed by atoms with van der Waals surface area (Å²) in [7, 11) is 0. The molecule has 1 aliphatic heterocycles. The summed E-state index contributed by atoms with van der Waals surface area (Å²) in [4.78, 5) is 6.39. The normalized spacial score (nSPS) is 19.3. The quantitative estimate of drug-likeness (QED) is 0.823. The Morgan fingerprint density at radius 1 is 1.22 bits per heavy atom. The van der Waals surface area contributed by atoms with Gasteiger partial charge < -0.3 is 15.5 Å². The highest BCUT2D eigenvalue weighted by Crippen LogP contribution is 2.36. The van der Waals surface area contributed by atoms with Gasteiger partial charge in [0.25, 0.3) is 5.54 Å². The van der Waals surface area contributed by atoms with Gasteiger partial charge >= 0.3 is 0 Å². The van der Waals surface area contributed by atoms with Gasteiger partial charge in [0.1, 0.15) is 0 Å². The minimum atomic E-state index is -0.291. The van der Waals surface area contributed by atoms with Crippen molar-refractivity contribution in [2.45, 2.75) is 24.8 Å². The third-order valence-electron chi connectivity index (χ3n) is 3.89. The molecule has 0 aromatic heterocycles. The predicted molar refractivity (Wildman–Crippen MR) is 74.1 cm³/mol. The molecule has 0 atom stereocenters. The van der Waals surface area contributed by atoms with Gasteiger partial charge in [-0.25, -0.2) is 6.57 Å². The number of benzene rings is 1. The molecule has 2 rings (SSSR count). The minimum Gasteiger partial charge on any atom is -0.330 e. The van der Waals surface area contributed by atoms with Crippen LogP contribution in [-0.4, -0.2) is 31.1 Å². The van der Waals surface area contributed by atoms with Gasteiger partial charge in [-0.15, -0.1) is 0 Å². The molecule has 3 heteroatoms. The Bertz CT molecular complexity index is 399. The number of nitrogens with two attached hydrogens (primary N) is 1. The number of nitrogens with zero attached hydrogens (tertiary/aromatic N) is 2. The largest absolute Gasteiger partial charge is 0.330 e.